The minimum Gasteiger partial charge on any atom is -0.356 e. The standard InChI is InChI=1S/C18H21N5O2/c1-22-16(6-9-20-22)13-7-10-23(11-8-13)18(24)19-12-15-14-4-2-3-5-17(14)25-21-15/h2-6,9,13H,7-8,10-12H2,1H3,(H,19,24). The molecular formula is C18H21N5O2. The number of nitrogens with one attached hydrogen (secondary N) is 1. The predicted molar refractivity (Wildman–Crippen MR) is 93.0 cm³/mol. The van der Waals surface area contributed by atoms with Gasteiger partial charge in [-0.1, -0.05) is 17.3 Å². The number of benzene rings is 1. The van der Waals surface area contributed by atoms with E-state index in [1.807, 2.05) is 47.1 Å². The van der Waals surface area contributed by atoms with E-state index < -0.39 is 0 Å². The third-order valence-corrected chi connectivity index (χ3v) is 4.92. The molecule has 2 aromatic heterocycles. The fraction of sp³-hybridized carbons (Fsp3) is 0.389. The highest BCUT2D eigenvalue weighted by Crippen LogP contribution is 2.27. The Kier molecular flexibility index (Phi) is 4.13. The summed E-state index contributed by atoms with van der Waals surface area (Å²) in [5.74, 6) is 0.469. The van der Waals surface area contributed by atoms with Crippen LogP contribution in [0, 0.1) is 0 Å². The summed E-state index contributed by atoms with van der Waals surface area (Å²) in [6, 6.07) is 9.69. The van der Waals surface area contributed by atoms with Crippen molar-refractivity contribution in [3.05, 3.63) is 47.9 Å². The number of carbonyl (C=O) groups excluding carboxylic acids is 1. The van der Waals surface area contributed by atoms with E-state index in [0.717, 1.165) is 42.6 Å². The number of likely N-dealkylation sites (tertiary alicyclic amines) is 1. The number of hydrogen-bond acceptors (Lipinski definition) is 4. The van der Waals surface area contributed by atoms with Crippen molar-refractivity contribution < 1.29 is 9.32 Å². The molecule has 1 aliphatic rings. The Morgan fingerprint density at radius 3 is 2.84 bits per heavy atom. The highest BCUT2D eigenvalue weighted by atomic mass is 16.5. The molecule has 0 bridgehead atoms. The van der Waals surface area contributed by atoms with Crippen molar-refractivity contribution in [1.82, 2.24) is 25.2 Å². The Labute approximate surface area is 145 Å². The normalized spacial score (nSPS) is 15.6. The summed E-state index contributed by atoms with van der Waals surface area (Å²) in [4.78, 5) is 14.3. The number of rotatable bonds is 3. The molecule has 25 heavy (non-hydrogen) atoms. The lowest BCUT2D eigenvalue weighted by molar-refractivity contribution is 0.180. The lowest BCUT2D eigenvalue weighted by atomic mass is 9.93. The van der Waals surface area contributed by atoms with Crippen molar-refractivity contribution in [3.8, 4) is 0 Å². The average molecular weight is 339 g/mol. The van der Waals surface area contributed by atoms with E-state index in [4.69, 9.17) is 4.52 Å². The smallest absolute Gasteiger partial charge is 0.317 e. The Morgan fingerprint density at radius 2 is 2.08 bits per heavy atom. The van der Waals surface area contributed by atoms with E-state index >= 15 is 0 Å². The highest BCUT2D eigenvalue weighted by molar-refractivity contribution is 5.80. The summed E-state index contributed by atoms with van der Waals surface area (Å²) in [5.41, 5.74) is 2.74. The molecule has 130 valence electrons. The van der Waals surface area contributed by atoms with Crippen LogP contribution in [0.1, 0.15) is 30.1 Å². The highest BCUT2D eigenvalue weighted by Gasteiger charge is 2.25. The topological polar surface area (TPSA) is 76.2 Å². The first-order chi connectivity index (χ1) is 12.2. The van der Waals surface area contributed by atoms with Gasteiger partial charge < -0.3 is 14.7 Å². The van der Waals surface area contributed by atoms with Crippen LogP contribution in [0.2, 0.25) is 0 Å². The largest absolute Gasteiger partial charge is 0.356 e. The number of fused-ring (bicyclic) bond motifs is 1. The fourth-order valence-corrected chi connectivity index (χ4v) is 3.50. The summed E-state index contributed by atoms with van der Waals surface area (Å²) in [6.07, 6.45) is 3.75. The maximum absolute atomic E-state index is 12.4. The first-order valence-corrected chi connectivity index (χ1v) is 8.56. The molecule has 1 fully saturated rings. The third kappa shape index (κ3) is 3.09. The molecule has 0 spiro atoms. The van der Waals surface area contributed by atoms with Crippen LogP contribution in [0.3, 0.4) is 0 Å². The van der Waals surface area contributed by atoms with Gasteiger partial charge in [0, 0.05) is 43.3 Å². The van der Waals surface area contributed by atoms with E-state index in [1.54, 1.807) is 0 Å². The molecule has 0 saturated carbocycles. The zero-order valence-electron chi connectivity index (χ0n) is 14.2. The predicted octanol–water partition coefficient (Wildman–Crippen LogP) is 2.65. The fourth-order valence-electron chi connectivity index (χ4n) is 3.50. The number of carbonyl (C=O) groups is 1. The SMILES string of the molecule is Cn1nccc1C1CCN(C(=O)NCc2noc3ccccc23)CC1. The zero-order chi connectivity index (χ0) is 17.2. The second kappa shape index (κ2) is 6.58. The van der Waals surface area contributed by atoms with Crippen LogP contribution in [0.5, 0.6) is 0 Å². The number of hydrogen-bond donors (Lipinski definition) is 1. The number of amides is 2. The lowest BCUT2D eigenvalue weighted by Gasteiger charge is -2.32. The van der Waals surface area contributed by atoms with Crippen molar-refractivity contribution in [3.63, 3.8) is 0 Å². The van der Waals surface area contributed by atoms with Gasteiger partial charge in [-0.05, 0) is 31.0 Å². The first kappa shape index (κ1) is 15.7. The van der Waals surface area contributed by atoms with Gasteiger partial charge in [-0.15, -0.1) is 0 Å². The van der Waals surface area contributed by atoms with Crippen LogP contribution in [0.4, 0.5) is 4.79 Å². The monoisotopic (exact) mass is 339 g/mol. The van der Waals surface area contributed by atoms with Crippen LogP contribution in [-0.4, -0.2) is 39.0 Å². The summed E-state index contributed by atoms with van der Waals surface area (Å²) in [6.45, 7) is 1.87. The molecule has 1 saturated heterocycles. The van der Waals surface area contributed by atoms with Crippen molar-refractivity contribution in [2.24, 2.45) is 7.05 Å². The molecular weight excluding hydrogens is 318 g/mol. The maximum Gasteiger partial charge on any atom is 0.317 e. The second-order valence-electron chi connectivity index (χ2n) is 6.43. The molecule has 1 aromatic carbocycles. The first-order valence-electron chi connectivity index (χ1n) is 8.56. The molecule has 0 radical (unpaired) electrons. The number of aryl methyl sites for hydroxylation is 1. The van der Waals surface area contributed by atoms with Crippen LogP contribution in [0.25, 0.3) is 11.0 Å². The van der Waals surface area contributed by atoms with Crippen LogP contribution in [-0.2, 0) is 13.6 Å². The van der Waals surface area contributed by atoms with Crippen LogP contribution < -0.4 is 5.32 Å². The Balaban J connectivity index is 1.33. The molecule has 0 atom stereocenters. The molecule has 3 heterocycles. The third-order valence-electron chi connectivity index (χ3n) is 4.92. The second-order valence-corrected chi connectivity index (χ2v) is 6.43. The van der Waals surface area contributed by atoms with Gasteiger partial charge in [0.05, 0.1) is 6.54 Å². The number of para-hydroxylation sites is 1. The summed E-state index contributed by atoms with van der Waals surface area (Å²) in [7, 11) is 1.97. The summed E-state index contributed by atoms with van der Waals surface area (Å²) in [5, 5.41) is 12.2. The van der Waals surface area contributed by atoms with E-state index in [2.05, 4.69) is 21.6 Å². The molecule has 7 nitrogen and oxygen atoms in total. The van der Waals surface area contributed by atoms with Crippen molar-refractivity contribution in [2.75, 3.05) is 13.1 Å². The Hall–Kier alpha value is -2.83. The number of piperidine rings is 1. The Morgan fingerprint density at radius 1 is 1.28 bits per heavy atom. The number of nitrogens with zero attached hydrogens (tertiary/aromatic N) is 4. The summed E-state index contributed by atoms with van der Waals surface area (Å²) >= 11 is 0. The molecule has 4 rings (SSSR count). The molecule has 1 aliphatic heterocycles. The number of urea groups is 1. The molecule has 0 unspecified atom stereocenters. The number of aromatic nitrogens is 3. The lowest BCUT2D eigenvalue weighted by Crippen LogP contribution is -2.44. The minimum atomic E-state index is -0.0458. The van der Waals surface area contributed by atoms with Crippen molar-refractivity contribution >= 4 is 17.0 Å². The Bertz CT molecular complexity index is 876. The van der Waals surface area contributed by atoms with Crippen molar-refractivity contribution in [1.29, 1.82) is 0 Å². The molecule has 2 amide bonds. The van der Waals surface area contributed by atoms with Gasteiger partial charge in [0.25, 0.3) is 0 Å². The van der Waals surface area contributed by atoms with Crippen molar-refractivity contribution in [2.45, 2.75) is 25.3 Å². The van der Waals surface area contributed by atoms with E-state index in [9.17, 15) is 4.79 Å². The van der Waals surface area contributed by atoms with Gasteiger partial charge in [0.2, 0.25) is 0 Å². The quantitative estimate of drug-likeness (QED) is 0.796. The average Bonchev–Trinajstić information content (AvgIpc) is 3.26. The van der Waals surface area contributed by atoms with Crippen LogP contribution >= 0.6 is 0 Å². The maximum atomic E-state index is 12.4. The van der Waals surface area contributed by atoms with Gasteiger partial charge in [-0.25, -0.2) is 4.79 Å². The van der Waals surface area contributed by atoms with Gasteiger partial charge >= 0.3 is 6.03 Å². The minimum absolute atomic E-state index is 0.0458. The van der Waals surface area contributed by atoms with Gasteiger partial charge in [0.15, 0.2) is 5.58 Å². The molecule has 1 N–H and O–H groups in total. The van der Waals surface area contributed by atoms with E-state index in [-0.39, 0.29) is 6.03 Å². The van der Waals surface area contributed by atoms with E-state index in [0.29, 0.717) is 12.5 Å². The summed E-state index contributed by atoms with van der Waals surface area (Å²) < 4.78 is 7.20. The molecule has 0 aliphatic carbocycles. The van der Waals surface area contributed by atoms with Crippen LogP contribution in [0.15, 0.2) is 41.1 Å². The van der Waals surface area contributed by atoms with Gasteiger partial charge in [-0.3, -0.25) is 4.68 Å². The zero-order valence-corrected chi connectivity index (χ0v) is 14.2. The molecule has 7 heteroatoms. The van der Waals surface area contributed by atoms with Gasteiger partial charge in [-0.2, -0.15) is 5.10 Å². The molecule has 3 aromatic rings. The van der Waals surface area contributed by atoms with E-state index in [1.165, 1.54) is 5.69 Å². The van der Waals surface area contributed by atoms with Gasteiger partial charge in [0.1, 0.15) is 5.69 Å².